The summed E-state index contributed by atoms with van der Waals surface area (Å²) in [4.78, 5) is 28.6. The third-order valence-electron chi connectivity index (χ3n) is 3.62. The van der Waals surface area contributed by atoms with Crippen LogP contribution in [-0.2, 0) is 21.1 Å². The molecule has 0 bridgehead atoms. The van der Waals surface area contributed by atoms with Crippen molar-refractivity contribution >= 4 is 23.3 Å². The van der Waals surface area contributed by atoms with Crippen molar-refractivity contribution in [2.24, 2.45) is 21.1 Å². The largest absolute Gasteiger partial charge is 0.347 e. The summed E-state index contributed by atoms with van der Waals surface area (Å²) in [6.45, 7) is 0. The molecule has 0 saturated heterocycles. The van der Waals surface area contributed by atoms with Crippen molar-refractivity contribution in [2.75, 3.05) is 10.6 Å². The number of nitrogens with zero attached hydrogens (tertiary/aromatic N) is 4. The molecular formula is C16H18N6O2. The van der Waals surface area contributed by atoms with Crippen molar-refractivity contribution in [3.63, 3.8) is 0 Å². The van der Waals surface area contributed by atoms with Gasteiger partial charge in [0.25, 0.3) is 11.8 Å². The summed E-state index contributed by atoms with van der Waals surface area (Å²) in [6.07, 6.45) is 6.80. The number of nitrogens with one attached hydrogen (secondary N) is 2. The average molecular weight is 326 g/mol. The molecular weight excluding hydrogens is 308 g/mol. The smallest absolute Gasteiger partial charge is 0.273 e. The fourth-order valence-electron chi connectivity index (χ4n) is 2.41. The SMILES string of the molecule is Cn1cnc(NC(=O)c2cc(NC(=O)c3cccn3C)cn2C)c1. The van der Waals surface area contributed by atoms with Gasteiger partial charge in [-0.05, 0) is 18.2 Å². The summed E-state index contributed by atoms with van der Waals surface area (Å²) in [5.74, 6) is -0.0570. The summed E-state index contributed by atoms with van der Waals surface area (Å²) in [5.41, 5.74) is 1.51. The van der Waals surface area contributed by atoms with Crippen molar-refractivity contribution in [1.29, 1.82) is 0 Å². The van der Waals surface area contributed by atoms with E-state index in [1.807, 2.05) is 7.05 Å². The van der Waals surface area contributed by atoms with Gasteiger partial charge < -0.3 is 24.3 Å². The molecule has 0 aliphatic heterocycles. The zero-order valence-electron chi connectivity index (χ0n) is 13.6. The topological polar surface area (TPSA) is 85.9 Å². The molecule has 3 rings (SSSR count). The third kappa shape index (κ3) is 3.07. The van der Waals surface area contributed by atoms with Crippen LogP contribution in [0.25, 0.3) is 0 Å². The molecule has 3 aromatic rings. The lowest BCUT2D eigenvalue weighted by Crippen LogP contribution is -2.15. The maximum atomic E-state index is 12.3. The van der Waals surface area contributed by atoms with E-state index in [0.717, 1.165) is 0 Å². The van der Waals surface area contributed by atoms with Gasteiger partial charge in [-0.2, -0.15) is 0 Å². The fourth-order valence-corrected chi connectivity index (χ4v) is 2.41. The number of amides is 2. The molecule has 0 radical (unpaired) electrons. The van der Waals surface area contributed by atoms with Crippen LogP contribution in [0.15, 0.2) is 43.1 Å². The van der Waals surface area contributed by atoms with Crippen LogP contribution < -0.4 is 10.6 Å². The highest BCUT2D eigenvalue weighted by atomic mass is 16.2. The van der Waals surface area contributed by atoms with Gasteiger partial charge in [-0.1, -0.05) is 0 Å². The van der Waals surface area contributed by atoms with Crippen LogP contribution in [0.3, 0.4) is 0 Å². The van der Waals surface area contributed by atoms with Crippen LogP contribution in [0.4, 0.5) is 11.5 Å². The van der Waals surface area contributed by atoms with Crippen molar-refractivity contribution in [3.05, 3.63) is 54.5 Å². The van der Waals surface area contributed by atoms with Gasteiger partial charge in [-0.15, -0.1) is 0 Å². The van der Waals surface area contributed by atoms with E-state index in [1.165, 1.54) is 0 Å². The number of hydrogen-bond acceptors (Lipinski definition) is 3. The monoisotopic (exact) mass is 326 g/mol. The van der Waals surface area contributed by atoms with Gasteiger partial charge in [0.1, 0.15) is 11.4 Å². The van der Waals surface area contributed by atoms with Crippen LogP contribution in [0, 0.1) is 0 Å². The van der Waals surface area contributed by atoms with Gasteiger partial charge >= 0.3 is 0 Å². The quantitative estimate of drug-likeness (QED) is 0.763. The van der Waals surface area contributed by atoms with Gasteiger partial charge in [0.05, 0.1) is 12.0 Å². The van der Waals surface area contributed by atoms with Gasteiger partial charge in [-0.3, -0.25) is 9.59 Å². The number of imidazole rings is 1. The lowest BCUT2D eigenvalue weighted by Gasteiger charge is -2.03. The Hall–Kier alpha value is -3.29. The molecule has 0 aliphatic carbocycles. The molecule has 0 atom stereocenters. The third-order valence-corrected chi connectivity index (χ3v) is 3.62. The number of anilines is 2. The number of rotatable bonds is 4. The molecule has 0 fully saturated rings. The predicted octanol–water partition coefficient (Wildman–Crippen LogP) is 1.60. The average Bonchev–Trinajstić information content (AvgIpc) is 3.20. The molecule has 2 N–H and O–H groups in total. The highest BCUT2D eigenvalue weighted by Crippen LogP contribution is 2.16. The standard InChI is InChI=1S/C16H18N6O2/c1-20-9-14(17-10-20)19-16(24)13-7-11(8-22(13)3)18-15(23)12-5-4-6-21(12)2/h4-10H,1-3H3,(H,18,23)(H,19,24). The van der Waals surface area contributed by atoms with Crippen LogP contribution >= 0.6 is 0 Å². The van der Waals surface area contributed by atoms with Gasteiger partial charge in [0.15, 0.2) is 5.82 Å². The second kappa shape index (κ2) is 6.07. The molecule has 3 aromatic heterocycles. The lowest BCUT2D eigenvalue weighted by molar-refractivity contribution is 0.101. The molecule has 124 valence electrons. The maximum Gasteiger partial charge on any atom is 0.273 e. The van der Waals surface area contributed by atoms with E-state index in [2.05, 4.69) is 15.6 Å². The van der Waals surface area contributed by atoms with Crippen LogP contribution in [0.1, 0.15) is 21.0 Å². The number of aryl methyl sites for hydroxylation is 3. The molecule has 24 heavy (non-hydrogen) atoms. The Balaban J connectivity index is 1.74. The van der Waals surface area contributed by atoms with Crippen molar-refractivity contribution in [1.82, 2.24) is 18.7 Å². The minimum Gasteiger partial charge on any atom is -0.347 e. The fraction of sp³-hybridized carbons (Fsp3) is 0.188. The Morgan fingerprint density at radius 3 is 2.38 bits per heavy atom. The van der Waals surface area contributed by atoms with E-state index in [4.69, 9.17) is 0 Å². The first kappa shape index (κ1) is 15.6. The van der Waals surface area contributed by atoms with Crippen molar-refractivity contribution in [2.45, 2.75) is 0 Å². The maximum absolute atomic E-state index is 12.3. The molecule has 8 nitrogen and oxygen atoms in total. The molecule has 0 aliphatic rings. The molecule has 0 spiro atoms. The zero-order valence-corrected chi connectivity index (χ0v) is 13.6. The lowest BCUT2D eigenvalue weighted by atomic mass is 10.3. The first-order valence-electron chi connectivity index (χ1n) is 7.32. The first-order chi connectivity index (χ1) is 11.4. The minimum atomic E-state index is -0.296. The van der Waals surface area contributed by atoms with E-state index in [1.54, 1.807) is 70.9 Å². The van der Waals surface area contributed by atoms with E-state index in [9.17, 15) is 9.59 Å². The Labute approximate surface area is 138 Å². The Bertz CT molecular complexity index is 901. The second-order valence-corrected chi connectivity index (χ2v) is 5.56. The highest BCUT2D eigenvalue weighted by molar-refractivity contribution is 6.06. The van der Waals surface area contributed by atoms with Crippen molar-refractivity contribution in [3.8, 4) is 0 Å². The molecule has 0 aromatic carbocycles. The van der Waals surface area contributed by atoms with Crippen molar-refractivity contribution < 1.29 is 9.59 Å². The van der Waals surface area contributed by atoms with Crippen LogP contribution in [-0.4, -0.2) is 30.5 Å². The van der Waals surface area contributed by atoms with E-state index in [-0.39, 0.29) is 11.8 Å². The van der Waals surface area contributed by atoms with E-state index < -0.39 is 0 Å². The number of hydrogen-bond donors (Lipinski definition) is 2. The van der Waals surface area contributed by atoms with E-state index in [0.29, 0.717) is 22.9 Å². The first-order valence-corrected chi connectivity index (χ1v) is 7.32. The minimum absolute atomic E-state index is 0.232. The molecule has 0 saturated carbocycles. The Morgan fingerprint density at radius 2 is 1.75 bits per heavy atom. The normalized spacial score (nSPS) is 10.6. The van der Waals surface area contributed by atoms with Gasteiger partial charge in [0.2, 0.25) is 0 Å². The van der Waals surface area contributed by atoms with Gasteiger partial charge in [0, 0.05) is 39.7 Å². The molecule has 2 amide bonds. The summed E-state index contributed by atoms with van der Waals surface area (Å²) in [5, 5.41) is 5.50. The second-order valence-electron chi connectivity index (χ2n) is 5.56. The summed E-state index contributed by atoms with van der Waals surface area (Å²) in [7, 11) is 5.36. The molecule has 8 heteroatoms. The van der Waals surface area contributed by atoms with E-state index >= 15 is 0 Å². The molecule has 3 heterocycles. The zero-order chi connectivity index (χ0) is 17.3. The number of aromatic nitrogens is 4. The predicted molar refractivity (Wildman–Crippen MR) is 89.9 cm³/mol. The number of carbonyl (C=O) groups is 2. The Kier molecular flexibility index (Phi) is 3.95. The van der Waals surface area contributed by atoms with Crippen LogP contribution in [0.2, 0.25) is 0 Å². The number of carbonyl (C=O) groups excluding carboxylic acids is 2. The van der Waals surface area contributed by atoms with Gasteiger partial charge in [-0.25, -0.2) is 4.98 Å². The van der Waals surface area contributed by atoms with Crippen LogP contribution in [0.5, 0.6) is 0 Å². The summed E-state index contributed by atoms with van der Waals surface area (Å²) < 4.78 is 5.12. The highest BCUT2D eigenvalue weighted by Gasteiger charge is 2.15. The summed E-state index contributed by atoms with van der Waals surface area (Å²) in [6, 6.07) is 5.15. The molecule has 0 unspecified atom stereocenters. The summed E-state index contributed by atoms with van der Waals surface area (Å²) >= 11 is 0. The Morgan fingerprint density at radius 1 is 1.00 bits per heavy atom.